The van der Waals surface area contributed by atoms with Gasteiger partial charge in [0.1, 0.15) is 0 Å². The minimum atomic E-state index is -0.930. The monoisotopic (exact) mass is 751 g/mol. The first-order chi connectivity index (χ1) is 26.4. The summed E-state index contributed by atoms with van der Waals surface area (Å²) >= 11 is 7.27. The summed E-state index contributed by atoms with van der Waals surface area (Å²) < 4.78 is 2.34. The predicted molar refractivity (Wildman–Crippen MR) is 222 cm³/mol. The third-order valence-corrected chi connectivity index (χ3v) is 12.0. The summed E-state index contributed by atoms with van der Waals surface area (Å²) in [5.41, 5.74) is 10.7. The van der Waals surface area contributed by atoms with Crippen molar-refractivity contribution >= 4 is 40.6 Å². The van der Waals surface area contributed by atoms with Gasteiger partial charge in [-0.15, -0.1) is 0 Å². The third-order valence-electron chi connectivity index (χ3n) is 11.6. The molecule has 0 aromatic heterocycles. The van der Waals surface area contributed by atoms with Crippen molar-refractivity contribution in [2.45, 2.75) is 70.6 Å². The fraction of sp³-hybridized carbons (Fsp3) is 0.271. The summed E-state index contributed by atoms with van der Waals surface area (Å²) in [5.74, 6) is -1.86. The highest BCUT2D eigenvalue weighted by atomic mass is 35.5. The highest BCUT2D eigenvalue weighted by molar-refractivity contribution is 6.32. The molecular weight excluding hydrogens is 704 g/mol. The molecule has 280 valence electrons. The van der Waals surface area contributed by atoms with E-state index in [-0.39, 0.29) is 11.1 Å². The van der Waals surface area contributed by atoms with Crippen LogP contribution in [0.15, 0.2) is 143 Å². The number of hydrogen-bond donors (Lipinski definition) is 2. The van der Waals surface area contributed by atoms with Gasteiger partial charge in [-0.05, 0) is 104 Å². The van der Waals surface area contributed by atoms with Crippen molar-refractivity contribution < 1.29 is 24.4 Å². The maximum atomic E-state index is 12.0. The molecule has 1 aliphatic carbocycles. The summed E-state index contributed by atoms with van der Waals surface area (Å²) in [6.07, 6.45) is 13.1. The minimum absolute atomic E-state index is 0.288. The van der Waals surface area contributed by atoms with Gasteiger partial charge in [-0.25, -0.2) is 9.59 Å². The van der Waals surface area contributed by atoms with E-state index in [0.29, 0.717) is 0 Å². The van der Waals surface area contributed by atoms with Gasteiger partial charge < -0.3 is 15.1 Å². The van der Waals surface area contributed by atoms with E-state index >= 15 is 0 Å². The molecule has 6 nitrogen and oxygen atoms in total. The quantitative estimate of drug-likeness (QED) is 0.149. The summed E-state index contributed by atoms with van der Waals surface area (Å²) in [5, 5.41) is 20.4. The fourth-order valence-corrected chi connectivity index (χ4v) is 8.75. The zero-order valence-electron chi connectivity index (χ0n) is 32.0. The molecule has 0 saturated heterocycles. The van der Waals surface area contributed by atoms with Crippen LogP contribution in [0.5, 0.6) is 0 Å². The number of benzene rings is 4. The van der Waals surface area contributed by atoms with Gasteiger partial charge in [-0.1, -0.05) is 98.3 Å². The molecule has 3 aliphatic rings. The lowest BCUT2D eigenvalue weighted by atomic mass is 9.80. The number of aromatic carboxylic acids is 2. The minimum Gasteiger partial charge on any atom is -0.478 e. The Kier molecular flexibility index (Phi) is 10.6. The van der Waals surface area contributed by atoms with E-state index in [1.54, 1.807) is 12.1 Å². The zero-order valence-corrected chi connectivity index (χ0v) is 32.7. The first-order valence-electron chi connectivity index (χ1n) is 19.1. The average Bonchev–Trinajstić information content (AvgIpc) is 3.53. The van der Waals surface area contributed by atoms with Gasteiger partial charge in [-0.3, -0.25) is 0 Å². The molecule has 55 heavy (non-hydrogen) atoms. The van der Waals surface area contributed by atoms with E-state index < -0.39 is 22.8 Å². The lowest BCUT2D eigenvalue weighted by Gasteiger charge is -2.27. The molecule has 0 bridgehead atoms. The Morgan fingerprint density at radius 2 is 1.36 bits per heavy atom. The van der Waals surface area contributed by atoms with Crippen molar-refractivity contribution in [3.05, 3.63) is 177 Å². The Labute approximate surface area is 329 Å². The molecule has 0 fully saturated rings. The van der Waals surface area contributed by atoms with Crippen molar-refractivity contribution in [2.75, 3.05) is 18.0 Å². The van der Waals surface area contributed by atoms with Crippen LogP contribution in [-0.2, 0) is 23.7 Å². The highest BCUT2D eigenvalue weighted by Gasteiger charge is 2.45. The van der Waals surface area contributed by atoms with E-state index in [2.05, 4.69) is 110 Å². The van der Waals surface area contributed by atoms with E-state index in [1.807, 2.05) is 36.4 Å². The topological polar surface area (TPSA) is 80.9 Å². The first kappa shape index (κ1) is 37.8. The molecule has 0 saturated carbocycles. The number of carboxylic acids is 2. The Balaban J connectivity index is 1.23. The molecule has 2 heterocycles. The number of halogens is 1. The Hall–Kier alpha value is -5.46. The van der Waals surface area contributed by atoms with Crippen LogP contribution < -0.4 is 4.90 Å². The summed E-state index contributed by atoms with van der Waals surface area (Å²) in [7, 11) is 0. The lowest BCUT2D eigenvalue weighted by molar-refractivity contribution is -0.436. The van der Waals surface area contributed by atoms with Gasteiger partial charge in [0.05, 0.1) is 16.5 Å². The lowest BCUT2D eigenvalue weighted by Crippen LogP contribution is -2.28. The molecular formula is C48H48ClN2O4+. The Bertz CT molecular complexity index is 2310. The summed E-state index contributed by atoms with van der Waals surface area (Å²) in [4.78, 5) is 26.3. The van der Waals surface area contributed by atoms with Crippen LogP contribution in [0.2, 0.25) is 0 Å². The standard InChI is InChI=1S/C48H47ClN2O4/c1-47(2)38-30-36(45(52)53)18-22-40(38)50(28-26-32-12-7-5-8-13-32)42(47)24-20-34-16-11-17-35(44(34)49)21-25-43-48(3,4)39-31-37(46(54)55)19-23-41(39)51(43)29-27-33-14-9-6-10-15-33/h5-10,12-15,18-25,30-31H,11,16-17,26-29H2,1-4H3,(H-,52,53,54,55)/p+1. The number of hydrogen-bond acceptors (Lipinski definition) is 3. The number of anilines is 1. The first-order valence-corrected chi connectivity index (χ1v) is 19.5. The van der Waals surface area contributed by atoms with Crippen LogP contribution >= 0.6 is 11.6 Å². The van der Waals surface area contributed by atoms with Crippen LogP contribution in [0, 0.1) is 0 Å². The second kappa shape index (κ2) is 15.3. The molecule has 0 radical (unpaired) electrons. The second-order valence-corrected chi connectivity index (χ2v) is 16.1. The van der Waals surface area contributed by atoms with Crippen molar-refractivity contribution in [3.8, 4) is 0 Å². The smallest absolute Gasteiger partial charge is 0.335 e. The maximum absolute atomic E-state index is 12.0. The summed E-state index contributed by atoms with van der Waals surface area (Å²) in [6, 6.07) is 31.8. The van der Waals surface area contributed by atoms with E-state index in [1.165, 1.54) is 11.1 Å². The molecule has 2 N–H and O–H groups in total. The third kappa shape index (κ3) is 7.48. The van der Waals surface area contributed by atoms with Gasteiger partial charge in [0.15, 0.2) is 12.3 Å². The zero-order chi connectivity index (χ0) is 38.9. The highest BCUT2D eigenvalue weighted by Crippen LogP contribution is 2.48. The van der Waals surface area contributed by atoms with E-state index in [4.69, 9.17) is 11.6 Å². The van der Waals surface area contributed by atoms with Crippen molar-refractivity contribution in [3.63, 3.8) is 0 Å². The number of rotatable bonds is 11. The number of carbonyl (C=O) groups is 2. The van der Waals surface area contributed by atoms with E-state index in [9.17, 15) is 19.8 Å². The summed E-state index contributed by atoms with van der Waals surface area (Å²) in [6.45, 7) is 10.2. The van der Waals surface area contributed by atoms with Crippen LogP contribution in [0.1, 0.15) is 89.9 Å². The van der Waals surface area contributed by atoms with Gasteiger partial charge in [0, 0.05) is 52.5 Å². The molecule has 4 aromatic rings. The SMILES string of the molecule is CC1(C)C(/C=C/C2=C(Cl)C(=C/C=C3/N(CCc4ccccc4)c4ccc(C(=O)O)cc4C3(C)C)/CCC2)=[N+](CCc2ccccc2)c2ccc(C(=O)O)cc21. The van der Waals surface area contributed by atoms with Gasteiger partial charge in [-0.2, -0.15) is 4.58 Å². The van der Waals surface area contributed by atoms with Gasteiger partial charge in [0.25, 0.3) is 0 Å². The molecule has 0 atom stereocenters. The molecule has 2 aliphatic heterocycles. The van der Waals surface area contributed by atoms with Crippen LogP contribution in [-0.4, -0.2) is 45.5 Å². The van der Waals surface area contributed by atoms with Crippen molar-refractivity contribution in [2.24, 2.45) is 0 Å². The number of nitrogens with zero attached hydrogens (tertiary/aromatic N) is 2. The molecule has 0 spiro atoms. The van der Waals surface area contributed by atoms with Crippen LogP contribution in [0.4, 0.5) is 11.4 Å². The fourth-order valence-electron chi connectivity index (χ4n) is 8.44. The second-order valence-electron chi connectivity index (χ2n) is 15.8. The molecule has 7 heteroatoms. The van der Waals surface area contributed by atoms with E-state index in [0.717, 1.165) is 95.3 Å². The largest absolute Gasteiger partial charge is 0.478 e. The van der Waals surface area contributed by atoms with Crippen LogP contribution in [0.25, 0.3) is 0 Å². The van der Waals surface area contributed by atoms with Crippen LogP contribution in [0.3, 0.4) is 0 Å². The number of fused-ring (bicyclic) bond motifs is 2. The van der Waals surface area contributed by atoms with Gasteiger partial charge >= 0.3 is 11.9 Å². The maximum Gasteiger partial charge on any atom is 0.335 e. The van der Waals surface area contributed by atoms with Crippen molar-refractivity contribution in [1.82, 2.24) is 0 Å². The Morgan fingerprint density at radius 3 is 2.02 bits per heavy atom. The normalized spacial score (nSPS) is 18.7. The molecule has 4 aromatic carbocycles. The molecule has 0 unspecified atom stereocenters. The number of carboxylic acid groups (broad SMARTS) is 2. The predicted octanol–water partition coefficient (Wildman–Crippen LogP) is 10.8. The number of allylic oxidation sites excluding steroid dienone is 8. The Morgan fingerprint density at radius 1 is 0.745 bits per heavy atom. The molecule has 0 amide bonds. The molecule has 7 rings (SSSR count). The van der Waals surface area contributed by atoms with Crippen molar-refractivity contribution in [1.29, 1.82) is 0 Å². The van der Waals surface area contributed by atoms with Gasteiger partial charge in [0.2, 0.25) is 5.69 Å². The average molecular weight is 752 g/mol.